The molecule has 3 atom stereocenters. The van der Waals surface area contributed by atoms with Gasteiger partial charge in [0.2, 0.25) is 0 Å². The van der Waals surface area contributed by atoms with E-state index in [2.05, 4.69) is 46.8 Å². The van der Waals surface area contributed by atoms with Crippen LogP contribution in [0.15, 0.2) is 12.1 Å². The Morgan fingerprint density at radius 2 is 1.68 bits per heavy atom. The lowest BCUT2D eigenvalue weighted by Crippen LogP contribution is -2.36. The van der Waals surface area contributed by atoms with E-state index >= 15 is 0 Å². The van der Waals surface area contributed by atoms with Gasteiger partial charge in [0.1, 0.15) is 5.78 Å². The predicted octanol–water partition coefficient (Wildman–Crippen LogP) is 5.03. The number of benzene rings is 1. The highest BCUT2D eigenvalue weighted by Crippen LogP contribution is 2.47. The van der Waals surface area contributed by atoms with Gasteiger partial charge in [-0.2, -0.15) is 0 Å². The number of carboxylic acid groups (broad SMARTS) is 1. The van der Waals surface area contributed by atoms with Crippen molar-refractivity contribution in [2.75, 3.05) is 0 Å². The molecule has 0 saturated heterocycles. The summed E-state index contributed by atoms with van der Waals surface area (Å²) in [4.78, 5) is 24.3. The van der Waals surface area contributed by atoms with Crippen LogP contribution in [0.2, 0.25) is 0 Å². The number of hydrogen-bond donors (Lipinski definition) is 1. The molecule has 2 rings (SSSR count). The molecule has 0 bridgehead atoms. The fourth-order valence-electron chi connectivity index (χ4n) is 4.68. The minimum Gasteiger partial charge on any atom is -0.481 e. The molecule has 0 spiro atoms. The molecule has 0 radical (unpaired) electrons. The van der Waals surface area contributed by atoms with Gasteiger partial charge >= 0.3 is 5.97 Å². The molecule has 25 heavy (non-hydrogen) atoms. The lowest BCUT2D eigenvalue weighted by Gasteiger charge is -2.42. The average molecular weight is 344 g/mol. The molecule has 1 aliphatic rings. The first-order chi connectivity index (χ1) is 11.6. The molecule has 0 aliphatic heterocycles. The fraction of sp³-hybridized carbons (Fsp3) is 0.636. The Kier molecular flexibility index (Phi) is 6.08. The van der Waals surface area contributed by atoms with Gasteiger partial charge in [-0.15, -0.1) is 0 Å². The fourth-order valence-corrected chi connectivity index (χ4v) is 4.68. The van der Waals surface area contributed by atoms with Gasteiger partial charge in [-0.05, 0) is 74.0 Å². The molecule has 1 saturated carbocycles. The normalized spacial score (nSPS) is 26.4. The maximum absolute atomic E-state index is 12.9. The number of carbonyl (C=O) groups is 2. The van der Waals surface area contributed by atoms with E-state index in [1.54, 1.807) is 0 Å². The first-order valence-electron chi connectivity index (χ1n) is 9.42. The molecule has 0 amide bonds. The molecule has 1 N–H and O–H groups in total. The highest BCUT2D eigenvalue weighted by atomic mass is 16.4. The van der Waals surface area contributed by atoms with Crippen LogP contribution in [0.3, 0.4) is 0 Å². The third-order valence-electron chi connectivity index (χ3n) is 6.17. The zero-order chi connectivity index (χ0) is 18.8. The van der Waals surface area contributed by atoms with E-state index in [1.807, 2.05) is 0 Å². The number of carboxylic acids is 1. The van der Waals surface area contributed by atoms with Crippen molar-refractivity contribution in [3.8, 4) is 0 Å². The van der Waals surface area contributed by atoms with Crippen LogP contribution in [0.5, 0.6) is 0 Å². The molecule has 1 aliphatic carbocycles. The molecule has 138 valence electrons. The largest absolute Gasteiger partial charge is 0.481 e. The van der Waals surface area contributed by atoms with Crippen LogP contribution in [0.25, 0.3) is 0 Å². The van der Waals surface area contributed by atoms with Crippen molar-refractivity contribution < 1.29 is 14.7 Å². The second-order valence-corrected chi connectivity index (χ2v) is 8.54. The van der Waals surface area contributed by atoms with Crippen molar-refractivity contribution in [2.24, 2.45) is 17.3 Å². The van der Waals surface area contributed by atoms with E-state index in [-0.39, 0.29) is 17.6 Å². The summed E-state index contributed by atoms with van der Waals surface area (Å²) >= 11 is 0. The Morgan fingerprint density at radius 3 is 2.20 bits per heavy atom. The predicted molar refractivity (Wildman–Crippen MR) is 101 cm³/mol. The van der Waals surface area contributed by atoms with Crippen molar-refractivity contribution in [1.29, 1.82) is 0 Å². The average Bonchev–Trinajstić information content (AvgIpc) is 2.46. The maximum atomic E-state index is 12.9. The third kappa shape index (κ3) is 4.93. The Labute approximate surface area is 151 Å². The van der Waals surface area contributed by atoms with Crippen LogP contribution in [0.1, 0.15) is 68.2 Å². The van der Waals surface area contributed by atoms with Crippen LogP contribution in [0.4, 0.5) is 0 Å². The standard InChI is InChI=1S/C22H32O3/c1-14-8-16(3)20(17(4)9-14)10-19(23)12-22(13-21(24)25)7-6-15(2)18(5)11-22/h8-9,15,18H,6-7,10-13H2,1-5H3,(H,24,25). The molecule has 1 fully saturated rings. The van der Waals surface area contributed by atoms with Crippen molar-refractivity contribution in [1.82, 2.24) is 0 Å². The third-order valence-corrected chi connectivity index (χ3v) is 6.17. The van der Waals surface area contributed by atoms with Gasteiger partial charge in [0, 0.05) is 12.8 Å². The van der Waals surface area contributed by atoms with E-state index in [1.165, 1.54) is 5.56 Å². The summed E-state index contributed by atoms with van der Waals surface area (Å²) in [5.74, 6) is 0.484. The minimum atomic E-state index is -0.780. The molecule has 0 aromatic heterocycles. The van der Waals surface area contributed by atoms with Gasteiger partial charge in [0.15, 0.2) is 0 Å². The Bertz CT molecular complexity index is 638. The van der Waals surface area contributed by atoms with Crippen LogP contribution >= 0.6 is 0 Å². The van der Waals surface area contributed by atoms with Gasteiger partial charge in [-0.25, -0.2) is 0 Å². The highest BCUT2D eigenvalue weighted by molar-refractivity contribution is 5.83. The molecule has 0 heterocycles. The summed E-state index contributed by atoms with van der Waals surface area (Å²) in [6.07, 6.45) is 3.64. The van der Waals surface area contributed by atoms with E-state index in [4.69, 9.17) is 0 Å². The Balaban J connectivity index is 2.16. The van der Waals surface area contributed by atoms with Crippen molar-refractivity contribution >= 4 is 11.8 Å². The first-order valence-corrected chi connectivity index (χ1v) is 9.42. The first kappa shape index (κ1) is 19.7. The van der Waals surface area contributed by atoms with Gasteiger partial charge in [-0.3, -0.25) is 9.59 Å². The molecule has 1 aromatic carbocycles. The van der Waals surface area contributed by atoms with Crippen molar-refractivity contribution in [3.63, 3.8) is 0 Å². The highest BCUT2D eigenvalue weighted by Gasteiger charge is 2.40. The Hall–Kier alpha value is -1.64. The second kappa shape index (κ2) is 7.72. The van der Waals surface area contributed by atoms with Gasteiger partial charge in [-0.1, -0.05) is 31.5 Å². The molecule has 3 nitrogen and oxygen atoms in total. The molecular weight excluding hydrogens is 312 g/mol. The van der Waals surface area contributed by atoms with Gasteiger partial charge < -0.3 is 5.11 Å². The topological polar surface area (TPSA) is 54.4 Å². The summed E-state index contributed by atoms with van der Waals surface area (Å²) in [5.41, 5.74) is 4.27. The zero-order valence-electron chi connectivity index (χ0n) is 16.3. The van der Waals surface area contributed by atoms with Crippen LogP contribution in [-0.4, -0.2) is 16.9 Å². The summed E-state index contributed by atoms with van der Waals surface area (Å²) in [6, 6.07) is 4.24. The van der Waals surface area contributed by atoms with Crippen LogP contribution < -0.4 is 0 Å². The Morgan fingerprint density at radius 1 is 1.08 bits per heavy atom. The SMILES string of the molecule is Cc1cc(C)c(CC(=O)CC2(CC(=O)O)CCC(C)C(C)C2)c(C)c1. The van der Waals surface area contributed by atoms with Crippen molar-refractivity contribution in [3.05, 3.63) is 34.4 Å². The summed E-state index contributed by atoms with van der Waals surface area (Å²) in [6.45, 7) is 10.6. The molecule has 3 heteroatoms. The second-order valence-electron chi connectivity index (χ2n) is 8.54. The van der Waals surface area contributed by atoms with Crippen molar-refractivity contribution in [2.45, 2.75) is 73.1 Å². The maximum Gasteiger partial charge on any atom is 0.303 e. The summed E-state index contributed by atoms with van der Waals surface area (Å²) < 4.78 is 0. The smallest absolute Gasteiger partial charge is 0.303 e. The molecule has 1 aromatic rings. The number of aliphatic carboxylic acids is 1. The number of rotatable bonds is 6. The van der Waals surface area contributed by atoms with E-state index in [9.17, 15) is 14.7 Å². The number of ketones is 1. The number of aryl methyl sites for hydroxylation is 3. The summed E-state index contributed by atoms with van der Waals surface area (Å²) in [7, 11) is 0. The monoisotopic (exact) mass is 344 g/mol. The number of carbonyl (C=O) groups excluding carboxylic acids is 1. The van der Waals surface area contributed by atoms with Gasteiger partial charge in [0.25, 0.3) is 0 Å². The zero-order valence-corrected chi connectivity index (χ0v) is 16.3. The molecular formula is C22H32O3. The quantitative estimate of drug-likeness (QED) is 0.787. The van der Waals surface area contributed by atoms with Crippen LogP contribution in [-0.2, 0) is 16.0 Å². The van der Waals surface area contributed by atoms with Gasteiger partial charge in [0.05, 0.1) is 6.42 Å². The molecule has 3 unspecified atom stereocenters. The summed E-state index contributed by atoms with van der Waals surface area (Å²) in [5, 5.41) is 9.39. The minimum absolute atomic E-state index is 0.113. The number of Topliss-reactive ketones (excluding diaryl/α,β-unsaturated/α-hetero) is 1. The number of hydrogen-bond acceptors (Lipinski definition) is 2. The van der Waals surface area contributed by atoms with E-state index in [0.29, 0.717) is 24.7 Å². The van der Waals surface area contributed by atoms with E-state index in [0.717, 1.165) is 36.0 Å². The lowest BCUT2D eigenvalue weighted by molar-refractivity contribution is -0.141. The van der Waals surface area contributed by atoms with Crippen LogP contribution in [0, 0.1) is 38.0 Å². The van der Waals surface area contributed by atoms with E-state index < -0.39 is 5.97 Å². The lowest BCUT2D eigenvalue weighted by atomic mass is 9.62.